The second kappa shape index (κ2) is 11.3. The molecular weight excluding hydrogens is 413 g/mol. The molecular formula is C22H19F3N2O4. The average molecular weight is 432 g/mol. The lowest BCUT2D eigenvalue weighted by Gasteiger charge is -2.11. The van der Waals surface area contributed by atoms with Crippen molar-refractivity contribution in [2.45, 2.75) is 12.6 Å². The van der Waals surface area contributed by atoms with E-state index in [1.165, 1.54) is 0 Å². The van der Waals surface area contributed by atoms with Crippen molar-refractivity contribution in [3.63, 3.8) is 0 Å². The first-order valence-corrected chi connectivity index (χ1v) is 9.06. The van der Waals surface area contributed by atoms with Gasteiger partial charge >= 0.3 is 12.1 Å². The maximum atomic E-state index is 12.4. The number of rotatable bonds is 6. The molecule has 0 saturated heterocycles. The van der Waals surface area contributed by atoms with Gasteiger partial charge in [0.25, 0.3) is 5.91 Å². The molecule has 0 aliphatic heterocycles. The van der Waals surface area contributed by atoms with Gasteiger partial charge in [0, 0.05) is 18.9 Å². The van der Waals surface area contributed by atoms with E-state index < -0.39 is 12.1 Å². The van der Waals surface area contributed by atoms with E-state index in [0.29, 0.717) is 23.6 Å². The van der Waals surface area contributed by atoms with Crippen LogP contribution in [0.15, 0.2) is 79.1 Å². The van der Waals surface area contributed by atoms with E-state index in [-0.39, 0.29) is 5.91 Å². The Morgan fingerprint density at radius 2 is 1.61 bits per heavy atom. The van der Waals surface area contributed by atoms with Gasteiger partial charge in [0.05, 0.1) is 5.56 Å². The molecule has 1 heterocycles. The minimum Gasteiger partial charge on any atom is -0.475 e. The van der Waals surface area contributed by atoms with Gasteiger partial charge in [-0.1, -0.05) is 36.4 Å². The second-order valence-electron chi connectivity index (χ2n) is 6.08. The summed E-state index contributed by atoms with van der Waals surface area (Å²) in [5.41, 5.74) is 1.61. The topological polar surface area (TPSA) is 88.5 Å². The third-order valence-corrected chi connectivity index (χ3v) is 3.77. The normalized spacial score (nSPS) is 10.4. The number of amides is 1. The van der Waals surface area contributed by atoms with Crippen LogP contribution in [0.1, 0.15) is 15.9 Å². The molecule has 2 aromatic carbocycles. The summed E-state index contributed by atoms with van der Waals surface area (Å²) in [5, 5.41) is 10.1. The maximum Gasteiger partial charge on any atom is 0.490 e. The largest absolute Gasteiger partial charge is 0.490 e. The number of para-hydroxylation sites is 2. The number of aromatic nitrogens is 1. The molecule has 162 valence electrons. The molecule has 0 aliphatic carbocycles. The number of benzene rings is 2. The van der Waals surface area contributed by atoms with Gasteiger partial charge < -0.3 is 15.2 Å². The van der Waals surface area contributed by atoms with Gasteiger partial charge in [0.15, 0.2) is 0 Å². The van der Waals surface area contributed by atoms with Crippen molar-refractivity contribution in [3.05, 3.63) is 90.3 Å². The molecule has 2 N–H and O–H groups in total. The summed E-state index contributed by atoms with van der Waals surface area (Å²) in [7, 11) is 0. The number of alkyl halides is 3. The first-order valence-electron chi connectivity index (χ1n) is 9.06. The molecule has 0 fully saturated rings. The molecule has 9 heteroatoms. The number of carbonyl (C=O) groups is 2. The molecule has 0 bridgehead atoms. The third kappa shape index (κ3) is 8.17. The van der Waals surface area contributed by atoms with E-state index in [9.17, 15) is 18.0 Å². The quantitative estimate of drug-likeness (QED) is 0.600. The molecule has 0 aliphatic rings. The van der Waals surface area contributed by atoms with Crippen LogP contribution in [0.25, 0.3) is 0 Å². The van der Waals surface area contributed by atoms with Crippen LogP contribution in [0.2, 0.25) is 0 Å². The number of halogens is 3. The zero-order valence-corrected chi connectivity index (χ0v) is 16.2. The van der Waals surface area contributed by atoms with Gasteiger partial charge in [-0.2, -0.15) is 13.2 Å². The highest BCUT2D eigenvalue weighted by atomic mass is 19.4. The predicted octanol–water partition coefficient (Wildman–Crippen LogP) is 4.48. The summed E-state index contributed by atoms with van der Waals surface area (Å²) in [6.45, 7) is 0.546. The van der Waals surface area contributed by atoms with Gasteiger partial charge in [0.2, 0.25) is 0 Å². The average Bonchev–Trinajstić information content (AvgIpc) is 2.75. The zero-order chi connectivity index (χ0) is 22.7. The lowest BCUT2D eigenvalue weighted by molar-refractivity contribution is -0.192. The van der Waals surface area contributed by atoms with Crippen LogP contribution in [0.3, 0.4) is 0 Å². The number of aliphatic carboxylic acids is 1. The summed E-state index contributed by atoms with van der Waals surface area (Å²) in [5.74, 6) is -1.66. The number of hydrogen-bond acceptors (Lipinski definition) is 4. The summed E-state index contributed by atoms with van der Waals surface area (Å²) in [6.07, 6.45) is -0.806. The first-order chi connectivity index (χ1) is 14.8. The van der Waals surface area contributed by atoms with Crippen molar-refractivity contribution in [1.29, 1.82) is 0 Å². The Morgan fingerprint density at radius 1 is 0.968 bits per heavy atom. The highest BCUT2D eigenvalue weighted by molar-refractivity contribution is 5.97. The number of nitrogens with zero attached hydrogens (tertiary/aromatic N) is 1. The van der Waals surface area contributed by atoms with E-state index in [1.807, 2.05) is 54.6 Å². The van der Waals surface area contributed by atoms with E-state index in [4.69, 9.17) is 14.6 Å². The number of carboxylic acids is 1. The van der Waals surface area contributed by atoms with Gasteiger partial charge in [-0.3, -0.25) is 9.78 Å². The number of carbonyl (C=O) groups excluding carboxylic acids is 1. The minimum atomic E-state index is -5.08. The monoisotopic (exact) mass is 432 g/mol. The molecule has 0 spiro atoms. The van der Waals surface area contributed by atoms with Crippen LogP contribution >= 0.6 is 0 Å². The second-order valence-corrected chi connectivity index (χ2v) is 6.08. The van der Waals surface area contributed by atoms with Gasteiger partial charge in [0.1, 0.15) is 11.5 Å². The highest BCUT2D eigenvalue weighted by Crippen LogP contribution is 2.24. The Labute approximate surface area is 176 Å². The van der Waals surface area contributed by atoms with Gasteiger partial charge in [-0.05, 0) is 42.3 Å². The highest BCUT2D eigenvalue weighted by Gasteiger charge is 2.38. The predicted molar refractivity (Wildman–Crippen MR) is 107 cm³/mol. The van der Waals surface area contributed by atoms with E-state index in [0.717, 1.165) is 12.0 Å². The van der Waals surface area contributed by atoms with E-state index in [2.05, 4.69) is 10.3 Å². The smallest absolute Gasteiger partial charge is 0.475 e. The van der Waals surface area contributed by atoms with Crippen molar-refractivity contribution in [2.24, 2.45) is 0 Å². The molecule has 3 aromatic rings. The SMILES string of the molecule is O=C(NCCc1cccnc1)c1ccccc1Oc1ccccc1.O=C(O)C(F)(F)F. The Balaban J connectivity index is 0.000000423. The lowest BCUT2D eigenvalue weighted by atomic mass is 10.1. The fraction of sp³-hybridized carbons (Fsp3) is 0.136. The number of nitrogens with one attached hydrogen (secondary N) is 1. The van der Waals surface area contributed by atoms with Crippen molar-refractivity contribution < 1.29 is 32.6 Å². The van der Waals surface area contributed by atoms with Gasteiger partial charge in [-0.25, -0.2) is 4.79 Å². The molecule has 0 saturated carbocycles. The molecule has 0 unspecified atom stereocenters. The van der Waals surface area contributed by atoms with Crippen LogP contribution in [0, 0.1) is 0 Å². The Kier molecular flexibility index (Phi) is 8.56. The Morgan fingerprint density at radius 3 is 2.23 bits per heavy atom. The number of hydrogen-bond donors (Lipinski definition) is 2. The molecule has 0 atom stereocenters. The van der Waals surface area contributed by atoms with Gasteiger partial charge in [-0.15, -0.1) is 0 Å². The molecule has 6 nitrogen and oxygen atoms in total. The summed E-state index contributed by atoms with van der Waals surface area (Å²) >= 11 is 0. The number of pyridine rings is 1. The van der Waals surface area contributed by atoms with Crippen LogP contribution in [0.5, 0.6) is 11.5 Å². The molecule has 31 heavy (non-hydrogen) atoms. The standard InChI is InChI=1S/C20H18N2O2.C2HF3O2/c23-20(22-14-12-16-7-6-13-21-15-16)18-10-4-5-11-19(18)24-17-8-2-1-3-9-17;3-2(4,5)1(6)7/h1-11,13,15H,12,14H2,(H,22,23);(H,6,7). The third-order valence-electron chi connectivity index (χ3n) is 3.77. The number of ether oxygens (including phenoxy) is 1. The van der Waals surface area contributed by atoms with Crippen LogP contribution in [-0.4, -0.2) is 34.7 Å². The summed E-state index contributed by atoms with van der Waals surface area (Å²) < 4.78 is 37.6. The van der Waals surface area contributed by atoms with Crippen LogP contribution in [-0.2, 0) is 11.2 Å². The summed E-state index contributed by atoms with van der Waals surface area (Å²) in [6, 6.07) is 20.5. The van der Waals surface area contributed by atoms with Crippen molar-refractivity contribution in [3.8, 4) is 11.5 Å². The van der Waals surface area contributed by atoms with Crippen molar-refractivity contribution in [2.75, 3.05) is 6.54 Å². The van der Waals surface area contributed by atoms with E-state index in [1.54, 1.807) is 24.5 Å². The fourth-order valence-corrected chi connectivity index (χ4v) is 2.32. The molecule has 3 rings (SSSR count). The minimum absolute atomic E-state index is 0.148. The fourth-order valence-electron chi connectivity index (χ4n) is 2.32. The zero-order valence-electron chi connectivity index (χ0n) is 16.2. The van der Waals surface area contributed by atoms with Crippen LogP contribution < -0.4 is 10.1 Å². The Bertz CT molecular complexity index is 981. The summed E-state index contributed by atoms with van der Waals surface area (Å²) in [4.78, 5) is 25.4. The Hall–Kier alpha value is -3.88. The number of carboxylic acid groups (broad SMARTS) is 1. The van der Waals surface area contributed by atoms with Crippen molar-refractivity contribution >= 4 is 11.9 Å². The molecule has 1 aromatic heterocycles. The van der Waals surface area contributed by atoms with Crippen molar-refractivity contribution in [1.82, 2.24) is 10.3 Å². The molecule has 1 amide bonds. The maximum absolute atomic E-state index is 12.4. The van der Waals surface area contributed by atoms with Crippen LogP contribution in [0.4, 0.5) is 13.2 Å². The first kappa shape index (κ1) is 23.4. The molecule has 0 radical (unpaired) electrons. The van der Waals surface area contributed by atoms with E-state index >= 15 is 0 Å². The lowest BCUT2D eigenvalue weighted by Crippen LogP contribution is -2.26.